The molecule has 0 aromatic heterocycles. The molecule has 0 bridgehead atoms. The van der Waals surface area contributed by atoms with E-state index in [1.165, 1.54) is 6.07 Å². The molecule has 0 fully saturated rings. The van der Waals surface area contributed by atoms with E-state index < -0.39 is 0 Å². The van der Waals surface area contributed by atoms with Gasteiger partial charge >= 0.3 is 0 Å². The van der Waals surface area contributed by atoms with Gasteiger partial charge in [0.15, 0.2) is 0 Å². The van der Waals surface area contributed by atoms with E-state index in [-0.39, 0.29) is 18.3 Å². The molecule has 2 rings (SSSR count). The first-order chi connectivity index (χ1) is 9.61. The summed E-state index contributed by atoms with van der Waals surface area (Å²) < 4.78 is 13.4. The van der Waals surface area contributed by atoms with Crippen molar-refractivity contribution >= 4 is 11.6 Å². The fourth-order valence-corrected chi connectivity index (χ4v) is 1.89. The van der Waals surface area contributed by atoms with Gasteiger partial charge in [-0.15, -0.1) is 0 Å². The lowest BCUT2D eigenvalue weighted by Crippen LogP contribution is -2.23. The maximum Gasteiger partial charge on any atom is 0.251 e. The highest BCUT2D eigenvalue weighted by Crippen LogP contribution is 2.15. The normalized spacial score (nSPS) is 10.2. The number of nitrogens with one attached hydrogen (secondary N) is 2. The molecule has 0 atom stereocenters. The van der Waals surface area contributed by atoms with Crippen LogP contribution < -0.4 is 16.6 Å². The third-order valence-corrected chi connectivity index (χ3v) is 3.04. The van der Waals surface area contributed by atoms with E-state index in [4.69, 9.17) is 5.84 Å². The van der Waals surface area contributed by atoms with Crippen molar-refractivity contribution in [1.82, 2.24) is 5.32 Å². The number of anilines is 1. The minimum Gasteiger partial charge on any atom is -0.348 e. The van der Waals surface area contributed by atoms with Crippen LogP contribution in [-0.2, 0) is 6.54 Å². The van der Waals surface area contributed by atoms with E-state index in [1.807, 2.05) is 6.92 Å². The lowest BCUT2D eigenvalue weighted by Gasteiger charge is -2.09. The van der Waals surface area contributed by atoms with Gasteiger partial charge in [-0.3, -0.25) is 10.6 Å². The highest BCUT2D eigenvalue weighted by atomic mass is 19.1. The Hall–Kier alpha value is -2.40. The molecule has 2 aromatic rings. The molecule has 0 aliphatic carbocycles. The molecular formula is C15H16FN3O. The predicted molar refractivity (Wildman–Crippen MR) is 76.6 cm³/mol. The zero-order valence-electron chi connectivity index (χ0n) is 11.1. The number of carbonyl (C=O) groups excluding carboxylic acids is 1. The second kappa shape index (κ2) is 6.16. The number of nitrogen functional groups attached to an aromatic ring is 1. The summed E-state index contributed by atoms with van der Waals surface area (Å²) >= 11 is 0. The van der Waals surface area contributed by atoms with Gasteiger partial charge in [0.05, 0.1) is 5.69 Å². The largest absolute Gasteiger partial charge is 0.348 e. The lowest BCUT2D eigenvalue weighted by atomic mass is 10.1. The molecule has 2 aromatic carbocycles. The van der Waals surface area contributed by atoms with Gasteiger partial charge in [0.25, 0.3) is 5.91 Å². The monoisotopic (exact) mass is 273 g/mol. The first kappa shape index (κ1) is 14.0. The number of carbonyl (C=O) groups is 1. The van der Waals surface area contributed by atoms with Crippen molar-refractivity contribution in [2.24, 2.45) is 5.84 Å². The summed E-state index contributed by atoms with van der Waals surface area (Å²) in [6.07, 6.45) is 0. The average molecular weight is 273 g/mol. The van der Waals surface area contributed by atoms with Gasteiger partial charge in [0, 0.05) is 17.7 Å². The van der Waals surface area contributed by atoms with E-state index in [0.29, 0.717) is 11.1 Å². The minimum absolute atomic E-state index is 0.154. The predicted octanol–water partition coefficient (Wildman–Crippen LogP) is 2.35. The Morgan fingerprint density at radius 3 is 2.65 bits per heavy atom. The van der Waals surface area contributed by atoms with Gasteiger partial charge in [0.1, 0.15) is 5.82 Å². The molecule has 0 saturated heterocycles. The number of hydrogen-bond acceptors (Lipinski definition) is 3. The molecule has 104 valence electrons. The first-order valence-electron chi connectivity index (χ1n) is 6.20. The second-order valence-corrected chi connectivity index (χ2v) is 4.45. The van der Waals surface area contributed by atoms with Gasteiger partial charge in [-0.05, 0) is 36.8 Å². The quantitative estimate of drug-likeness (QED) is 0.591. The fraction of sp³-hybridized carbons (Fsp3) is 0.133. The molecule has 4 nitrogen and oxygen atoms in total. The van der Waals surface area contributed by atoms with Crippen LogP contribution in [-0.4, -0.2) is 5.91 Å². The molecule has 4 N–H and O–H groups in total. The Kier molecular flexibility index (Phi) is 4.32. The van der Waals surface area contributed by atoms with Crippen LogP contribution in [0.25, 0.3) is 0 Å². The van der Waals surface area contributed by atoms with Crippen LogP contribution in [0.15, 0.2) is 42.5 Å². The van der Waals surface area contributed by atoms with E-state index in [1.54, 1.807) is 36.4 Å². The maximum atomic E-state index is 13.4. The average Bonchev–Trinajstić information content (AvgIpc) is 2.46. The van der Waals surface area contributed by atoms with E-state index in [0.717, 1.165) is 11.3 Å². The van der Waals surface area contributed by atoms with Crippen LogP contribution in [0.4, 0.5) is 10.1 Å². The Morgan fingerprint density at radius 1 is 1.25 bits per heavy atom. The van der Waals surface area contributed by atoms with E-state index >= 15 is 0 Å². The summed E-state index contributed by atoms with van der Waals surface area (Å²) in [4.78, 5) is 12.0. The molecule has 0 unspecified atom stereocenters. The first-order valence-corrected chi connectivity index (χ1v) is 6.20. The standard InChI is InChI=1S/C15H16FN3O/c1-10-8-11(6-7-14(10)19-17)15(20)18-9-12-4-2-3-5-13(12)16/h2-8,19H,9,17H2,1H3,(H,18,20). The number of hydrazine groups is 1. The third kappa shape index (κ3) is 3.13. The van der Waals surface area contributed by atoms with Gasteiger partial charge in [-0.2, -0.15) is 0 Å². The number of hydrogen-bond donors (Lipinski definition) is 3. The van der Waals surface area contributed by atoms with Crippen LogP contribution in [0.2, 0.25) is 0 Å². The molecule has 20 heavy (non-hydrogen) atoms. The molecular weight excluding hydrogens is 257 g/mol. The summed E-state index contributed by atoms with van der Waals surface area (Å²) in [5.74, 6) is 4.76. The number of nitrogens with two attached hydrogens (primary N) is 1. The summed E-state index contributed by atoms with van der Waals surface area (Å²) in [6, 6.07) is 11.5. The third-order valence-electron chi connectivity index (χ3n) is 3.04. The number of rotatable bonds is 4. The highest BCUT2D eigenvalue weighted by molar-refractivity contribution is 5.94. The van der Waals surface area contributed by atoms with E-state index in [9.17, 15) is 9.18 Å². The lowest BCUT2D eigenvalue weighted by molar-refractivity contribution is 0.0950. The maximum absolute atomic E-state index is 13.4. The van der Waals surface area contributed by atoms with Crippen molar-refractivity contribution in [3.63, 3.8) is 0 Å². The van der Waals surface area contributed by atoms with Crippen molar-refractivity contribution in [3.05, 3.63) is 65.0 Å². The number of aryl methyl sites for hydroxylation is 1. The van der Waals surface area contributed by atoms with Crippen molar-refractivity contribution in [3.8, 4) is 0 Å². The SMILES string of the molecule is Cc1cc(C(=O)NCc2ccccc2F)ccc1NN. The molecule has 0 saturated carbocycles. The number of amides is 1. The van der Waals surface area contributed by atoms with Crippen molar-refractivity contribution in [2.75, 3.05) is 5.43 Å². The van der Waals surface area contributed by atoms with Crippen LogP contribution in [0.5, 0.6) is 0 Å². The minimum atomic E-state index is -0.327. The summed E-state index contributed by atoms with van der Waals surface area (Å²) in [5.41, 5.74) is 5.14. The topological polar surface area (TPSA) is 67.2 Å². The van der Waals surface area contributed by atoms with Crippen molar-refractivity contribution in [2.45, 2.75) is 13.5 Å². The smallest absolute Gasteiger partial charge is 0.251 e. The van der Waals surface area contributed by atoms with Gasteiger partial charge in [-0.25, -0.2) is 4.39 Å². The molecule has 0 radical (unpaired) electrons. The molecule has 0 spiro atoms. The highest BCUT2D eigenvalue weighted by Gasteiger charge is 2.08. The second-order valence-electron chi connectivity index (χ2n) is 4.45. The molecule has 0 aliphatic heterocycles. The Balaban J connectivity index is 2.05. The number of halogens is 1. The molecule has 0 aliphatic rings. The van der Waals surface area contributed by atoms with Crippen LogP contribution in [0.1, 0.15) is 21.5 Å². The van der Waals surface area contributed by atoms with Crippen LogP contribution in [0.3, 0.4) is 0 Å². The van der Waals surface area contributed by atoms with Crippen molar-refractivity contribution < 1.29 is 9.18 Å². The van der Waals surface area contributed by atoms with Crippen LogP contribution >= 0.6 is 0 Å². The van der Waals surface area contributed by atoms with Gasteiger partial charge in [0.2, 0.25) is 0 Å². The Bertz CT molecular complexity index is 628. The molecule has 0 heterocycles. The van der Waals surface area contributed by atoms with Crippen LogP contribution in [0, 0.1) is 12.7 Å². The van der Waals surface area contributed by atoms with Gasteiger partial charge in [-0.1, -0.05) is 18.2 Å². The zero-order chi connectivity index (χ0) is 14.5. The zero-order valence-corrected chi connectivity index (χ0v) is 11.1. The summed E-state index contributed by atoms with van der Waals surface area (Å²) in [6.45, 7) is 2.00. The Morgan fingerprint density at radius 2 is 2.00 bits per heavy atom. The summed E-state index contributed by atoms with van der Waals surface area (Å²) in [5, 5.41) is 2.69. The molecule has 5 heteroatoms. The van der Waals surface area contributed by atoms with Gasteiger partial charge < -0.3 is 10.7 Å². The molecule has 1 amide bonds. The van der Waals surface area contributed by atoms with E-state index in [2.05, 4.69) is 10.7 Å². The fourth-order valence-electron chi connectivity index (χ4n) is 1.89. The number of benzene rings is 2. The summed E-state index contributed by atoms with van der Waals surface area (Å²) in [7, 11) is 0. The Labute approximate surface area is 116 Å². The van der Waals surface area contributed by atoms with Crippen molar-refractivity contribution in [1.29, 1.82) is 0 Å².